The highest BCUT2D eigenvalue weighted by Gasteiger charge is 2.16. The molecule has 0 atom stereocenters. The number of benzene rings is 3. The molecule has 0 aliphatic heterocycles. The normalized spacial score (nSPS) is 10.7. The molecule has 4 nitrogen and oxygen atoms in total. The van der Waals surface area contributed by atoms with Crippen molar-refractivity contribution in [1.29, 1.82) is 5.26 Å². The van der Waals surface area contributed by atoms with Crippen LogP contribution >= 0.6 is 0 Å². The number of fused-ring (bicyclic) bond motifs is 1. The van der Waals surface area contributed by atoms with Gasteiger partial charge in [0.1, 0.15) is 17.5 Å². The van der Waals surface area contributed by atoms with Gasteiger partial charge in [0, 0.05) is 6.07 Å². The number of nitrogens with two attached hydrogens (primary N) is 1. The highest BCUT2D eigenvalue weighted by atomic mass is 16.5. The molecular weight excluding hydrogens is 334 g/mol. The molecule has 0 bridgehead atoms. The third-order valence-corrected chi connectivity index (χ3v) is 4.60. The summed E-state index contributed by atoms with van der Waals surface area (Å²) in [5, 5.41) is 11.9. The molecule has 0 radical (unpaired) electrons. The zero-order chi connectivity index (χ0) is 18.8. The molecule has 1 aromatic heterocycles. The summed E-state index contributed by atoms with van der Waals surface area (Å²) < 4.78 is 7.91. The number of nitrogen functional groups attached to an aromatic ring is 1. The van der Waals surface area contributed by atoms with E-state index in [-0.39, 0.29) is 0 Å². The Balaban J connectivity index is 1.79. The standard InChI is InChI=1S/C23H19N3O/c1-16-6-4-10-20(12-16)27-23-22(25)13-19(14-24)26(23)15-18-9-5-8-17-7-2-3-11-21(17)18/h2-13H,15,25H2,1H3. The van der Waals surface area contributed by atoms with Crippen LogP contribution in [0.15, 0.2) is 72.8 Å². The molecule has 0 aliphatic rings. The maximum absolute atomic E-state index is 9.58. The summed E-state index contributed by atoms with van der Waals surface area (Å²) in [6.07, 6.45) is 0. The highest BCUT2D eigenvalue weighted by molar-refractivity contribution is 5.85. The van der Waals surface area contributed by atoms with E-state index in [9.17, 15) is 5.26 Å². The monoisotopic (exact) mass is 353 g/mol. The minimum atomic E-state index is 0.452. The van der Waals surface area contributed by atoms with Gasteiger partial charge >= 0.3 is 0 Å². The summed E-state index contributed by atoms with van der Waals surface area (Å²) in [7, 11) is 0. The van der Waals surface area contributed by atoms with Crippen molar-refractivity contribution in [3.05, 3.63) is 89.6 Å². The molecule has 0 aliphatic carbocycles. The molecule has 4 rings (SSSR count). The maximum Gasteiger partial charge on any atom is 0.224 e. The Hall–Kier alpha value is -3.71. The number of rotatable bonds is 4. The number of nitriles is 1. The predicted molar refractivity (Wildman–Crippen MR) is 108 cm³/mol. The average Bonchev–Trinajstić information content (AvgIpc) is 2.97. The van der Waals surface area contributed by atoms with Gasteiger partial charge in [-0.05, 0) is 41.0 Å². The van der Waals surface area contributed by atoms with Gasteiger partial charge in [-0.25, -0.2) is 0 Å². The third kappa shape index (κ3) is 3.23. The number of aryl methyl sites for hydroxylation is 1. The fourth-order valence-corrected chi connectivity index (χ4v) is 3.31. The van der Waals surface area contributed by atoms with E-state index in [1.807, 2.05) is 54.0 Å². The van der Waals surface area contributed by atoms with E-state index in [4.69, 9.17) is 10.5 Å². The van der Waals surface area contributed by atoms with E-state index < -0.39 is 0 Å². The van der Waals surface area contributed by atoms with Crippen molar-refractivity contribution in [2.24, 2.45) is 0 Å². The second kappa shape index (κ2) is 6.89. The minimum Gasteiger partial charge on any atom is -0.439 e. The van der Waals surface area contributed by atoms with Crippen LogP contribution in [0.3, 0.4) is 0 Å². The molecular formula is C23H19N3O. The smallest absolute Gasteiger partial charge is 0.224 e. The molecule has 0 spiro atoms. The molecule has 0 saturated heterocycles. The lowest BCUT2D eigenvalue weighted by Crippen LogP contribution is -2.05. The van der Waals surface area contributed by atoms with Crippen LogP contribution in [0.5, 0.6) is 11.6 Å². The molecule has 27 heavy (non-hydrogen) atoms. The lowest BCUT2D eigenvalue weighted by atomic mass is 10.0. The Kier molecular flexibility index (Phi) is 4.27. The lowest BCUT2D eigenvalue weighted by molar-refractivity contribution is 0.437. The van der Waals surface area contributed by atoms with Crippen molar-refractivity contribution in [3.63, 3.8) is 0 Å². The van der Waals surface area contributed by atoms with Gasteiger partial charge < -0.3 is 10.5 Å². The van der Waals surface area contributed by atoms with E-state index in [2.05, 4.69) is 30.3 Å². The molecule has 0 saturated carbocycles. The quantitative estimate of drug-likeness (QED) is 0.545. The molecule has 4 aromatic rings. The summed E-state index contributed by atoms with van der Waals surface area (Å²) >= 11 is 0. The van der Waals surface area contributed by atoms with E-state index in [0.29, 0.717) is 29.6 Å². The Morgan fingerprint density at radius 1 is 1.00 bits per heavy atom. The summed E-state index contributed by atoms with van der Waals surface area (Å²) in [6, 6.07) is 26.0. The van der Waals surface area contributed by atoms with E-state index in [0.717, 1.165) is 21.9 Å². The molecule has 1 heterocycles. The van der Waals surface area contributed by atoms with Crippen LogP contribution in [0.25, 0.3) is 10.8 Å². The number of ether oxygens (including phenoxy) is 1. The van der Waals surface area contributed by atoms with Crippen molar-refractivity contribution < 1.29 is 4.74 Å². The number of nitrogens with zero attached hydrogens (tertiary/aromatic N) is 2. The summed E-state index contributed by atoms with van der Waals surface area (Å²) in [6.45, 7) is 2.51. The zero-order valence-electron chi connectivity index (χ0n) is 15.0. The van der Waals surface area contributed by atoms with Gasteiger partial charge in [0.15, 0.2) is 0 Å². The van der Waals surface area contributed by atoms with Crippen LogP contribution in [0.2, 0.25) is 0 Å². The van der Waals surface area contributed by atoms with Crippen LogP contribution in [-0.2, 0) is 6.54 Å². The van der Waals surface area contributed by atoms with Crippen LogP contribution in [0, 0.1) is 18.3 Å². The van der Waals surface area contributed by atoms with Gasteiger partial charge in [0.05, 0.1) is 12.2 Å². The Labute approximate surface area is 158 Å². The van der Waals surface area contributed by atoms with E-state index in [1.165, 1.54) is 0 Å². The highest BCUT2D eigenvalue weighted by Crippen LogP contribution is 2.33. The predicted octanol–water partition coefficient (Wildman–Crippen LogP) is 5.24. The van der Waals surface area contributed by atoms with Crippen molar-refractivity contribution in [1.82, 2.24) is 4.57 Å². The SMILES string of the molecule is Cc1cccc(Oc2c(N)cc(C#N)n2Cc2cccc3ccccc23)c1. The molecule has 3 aromatic carbocycles. The van der Waals surface area contributed by atoms with Gasteiger partial charge in [-0.1, -0.05) is 54.6 Å². The van der Waals surface area contributed by atoms with E-state index >= 15 is 0 Å². The van der Waals surface area contributed by atoms with Gasteiger partial charge in [0.25, 0.3) is 0 Å². The van der Waals surface area contributed by atoms with Crippen molar-refractivity contribution >= 4 is 16.5 Å². The van der Waals surface area contributed by atoms with Gasteiger partial charge in [-0.2, -0.15) is 5.26 Å². The van der Waals surface area contributed by atoms with Gasteiger partial charge in [-0.15, -0.1) is 0 Å². The number of hydrogen-bond donors (Lipinski definition) is 1. The van der Waals surface area contributed by atoms with Gasteiger partial charge in [-0.3, -0.25) is 4.57 Å². The number of hydrogen-bond acceptors (Lipinski definition) is 3. The second-order valence-electron chi connectivity index (χ2n) is 6.54. The lowest BCUT2D eigenvalue weighted by Gasteiger charge is -2.14. The van der Waals surface area contributed by atoms with Crippen molar-refractivity contribution in [3.8, 4) is 17.7 Å². The average molecular weight is 353 g/mol. The Morgan fingerprint density at radius 2 is 1.78 bits per heavy atom. The first-order chi connectivity index (χ1) is 13.2. The third-order valence-electron chi connectivity index (χ3n) is 4.60. The summed E-state index contributed by atoms with van der Waals surface area (Å²) in [5.41, 5.74) is 9.30. The van der Waals surface area contributed by atoms with E-state index in [1.54, 1.807) is 6.07 Å². The first-order valence-corrected chi connectivity index (χ1v) is 8.76. The molecule has 0 unspecified atom stereocenters. The number of aromatic nitrogens is 1. The number of anilines is 1. The molecule has 0 fully saturated rings. The zero-order valence-corrected chi connectivity index (χ0v) is 15.0. The Bertz CT molecular complexity index is 1160. The Morgan fingerprint density at radius 3 is 2.59 bits per heavy atom. The first kappa shape index (κ1) is 16.7. The summed E-state index contributed by atoms with van der Waals surface area (Å²) in [4.78, 5) is 0. The molecule has 132 valence electrons. The largest absolute Gasteiger partial charge is 0.439 e. The molecule has 4 heteroatoms. The topological polar surface area (TPSA) is 64.0 Å². The second-order valence-corrected chi connectivity index (χ2v) is 6.54. The fraction of sp³-hybridized carbons (Fsp3) is 0.0870. The van der Waals surface area contributed by atoms with Crippen LogP contribution in [-0.4, -0.2) is 4.57 Å². The van der Waals surface area contributed by atoms with Crippen LogP contribution in [0.4, 0.5) is 5.69 Å². The molecule has 2 N–H and O–H groups in total. The summed E-state index contributed by atoms with van der Waals surface area (Å²) in [5.74, 6) is 1.19. The molecule has 0 amide bonds. The van der Waals surface area contributed by atoms with Crippen molar-refractivity contribution in [2.45, 2.75) is 13.5 Å². The minimum absolute atomic E-state index is 0.452. The van der Waals surface area contributed by atoms with Crippen LogP contribution in [0.1, 0.15) is 16.8 Å². The van der Waals surface area contributed by atoms with Gasteiger partial charge in [0.2, 0.25) is 5.88 Å². The van der Waals surface area contributed by atoms with Crippen LogP contribution < -0.4 is 10.5 Å². The first-order valence-electron chi connectivity index (χ1n) is 8.76. The maximum atomic E-state index is 9.58. The van der Waals surface area contributed by atoms with Crippen molar-refractivity contribution in [2.75, 3.05) is 5.73 Å². The fourth-order valence-electron chi connectivity index (χ4n) is 3.31.